The van der Waals surface area contributed by atoms with E-state index in [-0.39, 0.29) is 17.4 Å². The van der Waals surface area contributed by atoms with Crippen LogP contribution in [0.1, 0.15) is 5.69 Å². The van der Waals surface area contributed by atoms with E-state index < -0.39 is 11.9 Å². The van der Waals surface area contributed by atoms with E-state index in [1.54, 1.807) is 0 Å². The van der Waals surface area contributed by atoms with Gasteiger partial charge in [0, 0.05) is 13.1 Å². The zero-order valence-electron chi connectivity index (χ0n) is 9.14. The Morgan fingerprint density at radius 1 is 1.39 bits per heavy atom. The molecule has 0 atom stereocenters. The fourth-order valence-corrected chi connectivity index (χ4v) is 1.20. The second kappa shape index (κ2) is 4.17. The second-order valence-electron chi connectivity index (χ2n) is 3.37. The molecule has 2 heterocycles. The first-order chi connectivity index (χ1) is 8.38. The quantitative estimate of drug-likeness (QED) is 0.886. The van der Waals surface area contributed by atoms with Gasteiger partial charge in [0.15, 0.2) is 5.69 Å². The van der Waals surface area contributed by atoms with Crippen LogP contribution in [0, 0.1) is 0 Å². The first-order valence-corrected chi connectivity index (χ1v) is 4.72. The van der Waals surface area contributed by atoms with E-state index in [1.807, 2.05) is 0 Å². The fraction of sp³-hybridized carbons (Fsp3) is 0.222. The molecule has 0 spiro atoms. The van der Waals surface area contributed by atoms with Gasteiger partial charge in [0.1, 0.15) is 12.0 Å². The topological polar surface area (TPSA) is 78.8 Å². The summed E-state index contributed by atoms with van der Waals surface area (Å²) in [6, 6.07) is 0.765. The molecule has 0 aromatic carbocycles. The number of nitrogens with two attached hydrogens (primary N) is 1. The number of rotatable bonds is 2. The number of alkyl halides is 3. The summed E-state index contributed by atoms with van der Waals surface area (Å²) in [5.74, 6) is -0.144. The molecule has 2 rings (SSSR count). The van der Waals surface area contributed by atoms with Crippen LogP contribution in [-0.2, 0) is 13.2 Å². The van der Waals surface area contributed by atoms with Crippen LogP contribution in [0.25, 0.3) is 0 Å². The van der Waals surface area contributed by atoms with E-state index in [1.165, 1.54) is 19.6 Å². The van der Waals surface area contributed by atoms with Crippen molar-refractivity contribution in [1.29, 1.82) is 0 Å². The summed E-state index contributed by atoms with van der Waals surface area (Å²) in [5, 5.41) is 3.29. The van der Waals surface area contributed by atoms with E-state index >= 15 is 0 Å². The predicted octanol–water partition coefficient (Wildman–Crippen LogP) is 1.60. The van der Waals surface area contributed by atoms with Crippen molar-refractivity contribution in [3.63, 3.8) is 0 Å². The Balaban J connectivity index is 2.31. The fourth-order valence-electron chi connectivity index (χ4n) is 1.20. The summed E-state index contributed by atoms with van der Waals surface area (Å²) < 4.78 is 43.3. The summed E-state index contributed by atoms with van der Waals surface area (Å²) >= 11 is 0. The summed E-state index contributed by atoms with van der Waals surface area (Å²) in [6.45, 7) is 0. The van der Waals surface area contributed by atoms with Gasteiger partial charge in [0.05, 0.1) is 6.20 Å². The van der Waals surface area contributed by atoms with Gasteiger partial charge in [-0.25, -0.2) is 9.67 Å². The number of hydrogen-bond acceptors (Lipinski definition) is 5. The Hall–Kier alpha value is -2.32. The van der Waals surface area contributed by atoms with Crippen molar-refractivity contribution in [3.8, 4) is 11.8 Å². The highest BCUT2D eigenvalue weighted by Crippen LogP contribution is 2.32. The molecule has 0 unspecified atom stereocenters. The monoisotopic (exact) mass is 259 g/mol. The zero-order chi connectivity index (χ0) is 13.3. The molecule has 0 aliphatic heterocycles. The SMILES string of the molecule is Cn1nc(C(F)(F)F)cc1Oc1ncncc1N. The third-order valence-corrected chi connectivity index (χ3v) is 2.03. The number of anilines is 1. The van der Waals surface area contributed by atoms with Gasteiger partial charge in [-0.15, -0.1) is 0 Å². The van der Waals surface area contributed by atoms with Crippen LogP contribution in [0.5, 0.6) is 11.8 Å². The van der Waals surface area contributed by atoms with Crippen molar-refractivity contribution in [3.05, 3.63) is 24.3 Å². The molecule has 2 aromatic heterocycles. The molecule has 9 heteroatoms. The standard InChI is InChI=1S/C9H8F3N5O/c1-17-7(2-6(16-17)9(10,11)12)18-8-5(13)3-14-4-15-8/h2-4H,13H2,1H3. The van der Waals surface area contributed by atoms with E-state index in [0.29, 0.717) is 0 Å². The third-order valence-electron chi connectivity index (χ3n) is 2.03. The van der Waals surface area contributed by atoms with Gasteiger partial charge in [-0.1, -0.05) is 0 Å². The third kappa shape index (κ3) is 2.34. The maximum atomic E-state index is 12.4. The maximum Gasteiger partial charge on any atom is 0.435 e. The summed E-state index contributed by atoms with van der Waals surface area (Å²) in [6.07, 6.45) is -2.08. The molecule has 18 heavy (non-hydrogen) atoms. The van der Waals surface area contributed by atoms with Crippen LogP contribution in [0.3, 0.4) is 0 Å². The normalized spacial score (nSPS) is 11.6. The molecule has 0 bridgehead atoms. The molecule has 96 valence electrons. The largest absolute Gasteiger partial charge is 0.435 e. The minimum Gasteiger partial charge on any atom is -0.419 e. The lowest BCUT2D eigenvalue weighted by atomic mass is 10.4. The molecule has 0 fully saturated rings. The van der Waals surface area contributed by atoms with Crippen molar-refractivity contribution in [2.75, 3.05) is 5.73 Å². The molecule has 0 aliphatic rings. The van der Waals surface area contributed by atoms with Gasteiger partial charge < -0.3 is 10.5 Å². The molecule has 0 aliphatic carbocycles. The first-order valence-electron chi connectivity index (χ1n) is 4.72. The molecule has 2 N–H and O–H groups in total. The van der Waals surface area contributed by atoms with Crippen molar-refractivity contribution in [2.45, 2.75) is 6.18 Å². The van der Waals surface area contributed by atoms with E-state index in [0.717, 1.165) is 10.7 Å². The number of hydrogen-bond donors (Lipinski definition) is 1. The van der Waals surface area contributed by atoms with Gasteiger partial charge in [-0.05, 0) is 0 Å². The summed E-state index contributed by atoms with van der Waals surface area (Å²) in [5.41, 5.74) is 4.58. The molecule has 6 nitrogen and oxygen atoms in total. The lowest BCUT2D eigenvalue weighted by molar-refractivity contribution is -0.141. The zero-order valence-corrected chi connectivity index (χ0v) is 9.14. The first kappa shape index (κ1) is 12.1. The molecule has 0 saturated carbocycles. The highest BCUT2D eigenvalue weighted by Gasteiger charge is 2.35. The van der Waals surface area contributed by atoms with Gasteiger partial charge in [-0.3, -0.25) is 0 Å². The van der Waals surface area contributed by atoms with Crippen LogP contribution in [0.2, 0.25) is 0 Å². The Bertz CT molecular complexity index is 566. The number of nitrogen functional groups attached to an aromatic ring is 1. The van der Waals surface area contributed by atoms with Crippen molar-refractivity contribution in [1.82, 2.24) is 19.7 Å². The van der Waals surface area contributed by atoms with E-state index in [2.05, 4.69) is 15.1 Å². The maximum absolute atomic E-state index is 12.4. The number of aromatic nitrogens is 4. The van der Waals surface area contributed by atoms with Crippen LogP contribution in [0.4, 0.5) is 18.9 Å². The molecule has 2 aromatic rings. The lowest BCUT2D eigenvalue weighted by Crippen LogP contribution is -2.06. The van der Waals surface area contributed by atoms with Gasteiger partial charge in [0.2, 0.25) is 11.8 Å². The highest BCUT2D eigenvalue weighted by atomic mass is 19.4. The second-order valence-corrected chi connectivity index (χ2v) is 3.37. The van der Waals surface area contributed by atoms with Crippen molar-refractivity contribution < 1.29 is 17.9 Å². The number of halogens is 3. The van der Waals surface area contributed by atoms with Crippen molar-refractivity contribution >= 4 is 5.69 Å². The van der Waals surface area contributed by atoms with E-state index in [4.69, 9.17) is 10.5 Å². The smallest absolute Gasteiger partial charge is 0.419 e. The molecule has 0 saturated heterocycles. The number of ether oxygens (including phenoxy) is 1. The Kier molecular flexibility index (Phi) is 2.81. The lowest BCUT2D eigenvalue weighted by Gasteiger charge is -2.05. The van der Waals surface area contributed by atoms with Crippen LogP contribution >= 0.6 is 0 Å². The Morgan fingerprint density at radius 3 is 2.67 bits per heavy atom. The highest BCUT2D eigenvalue weighted by molar-refractivity contribution is 5.46. The summed E-state index contributed by atoms with van der Waals surface area (Å²) in [7, 11) is 1.32. The van der Waals surface area contributed by atoms with E-state index in [9.17, 15) is 13.2 Å². The Labute approximate surface area is 99.2 Å². The average Bonchev–Trinajstić information content (AvgIpc) is 2.63. The van der Waals surface area contributed by atoms with Gasteiger partial charge >= 0.3 is 6.18 Å². The molecular weight excluding hydrogens is 251 g/mol. The van der Waals surface area contributed by atoms with Crippen LogP contribution < -0.4 is 10.5 Å². The number of nitrogens with zero attached hydrogens (tertiary/aromatic N) is 4. The minimum atomic E-state index is -4.53. The number of aryl methyl sites for hydroxylation is 1. The van der Waals surface area contributed by atoms with Crippen molar-refractivity contribution in [2.24, 2.45) is 7.05 Å². The van der Waals surface area contributed by atoms with Crippen LogP contribution in [0.15, 0.2) is 18.6 Å². The van der Waals surface area contributed by atoms with Crippen LogP contribution in [-0.4, -0.2) is 19.7 Å². The predicted molar refractivity (Wildman–Crippen MR) is 54.7 cm³/mol. The average molecular weight is 259 g/mol. The molecular formula is C9H8F3N5O. The molecule has 0 radical (unpaired) electrons. The Morgan fingerprint density at radius 2 is 2.11 bits per heavy atom. The minimum absolute atomic E-state index is 0.0262. The molecule has 0 amide bonds. The summed E-state index contributed by atoms with van der Waals surface area (Å²) in [4.78, 5) is 7.34. The van der Waals surface area contributed by atoms with Gasteiger partial charge in [-0.2, -0.15) is 23.3 Å². The van der Waals surface area contributed by atoms with Gasteiger partial charge in [0.25, 0.3) is 0 Å².